The number of phenolic OH excluding ortho intramolecular Hbond substituents is 1. The van der Waals surface area contributed by atoms with E-state index in [1.165, 1.54) is 12.1 Å². The molecule has 162 valence electrons. The molecule has 0 unspecified atom stereocenters. The Labute approximate surface area is 185 Å². The van der Waals surface area contributed by atoms with E-state index in [4.69, 9.17) is 20.6 Å². The van der Waals surface area contributed by atoms with E-state index in [9.17, 15) is 9.90 Å². The second-order valence-electron chi connectivity index (χ2n) is 7.53. The molecule has 0 aliphatic heterocycles. The lowest BCUT2D eigenvalue weighted by molar-refractivity contribution is 0.103. The molecule has 0 bridgehead atoms. The molecule has 0 radical (unpaired) electrons. The Hall–Kier alpha value is -4.19. The number of carbonyl (C=O) groups excluding carboxylic acids is 1. The van der Waals surface area contributed by atoms with Gasteiger partial charge in [0.25, 0.3) is 0 Å². The fourth-order valence-electron chi connectivity index (χ4n) is 3.62. The summed E-state index contributed by atoms with van der Waals surface area (Å²) in [5.74, 6) is 1.15. The first-order valence-corrected chi connectivity index (χ1v) is 10.3. The summed E-state index contributed by atoms with van der Waals surface area (Å²) in [7, 11) is 0. The summed E-state index contributed by atoms with van der Waals surface area (Å²) in [4.78, 5) is 13.4. The fourth-order valence-corrected chi connectivity index (χ4v) is 3.62. The number of nitrogen functional groups attached to an aromatic ring is 2. The number of ketones is 1. The molecule has 0 saturated carbocycles. The molecule has 0 atom stereocenters. The zero-order valence-electron chi connectivity index (χ0n) is 17.7. The van der Waals surface area contributed by atoms with E-state index >= 15 is 0 Å². The lowest BCUT2D eigenvalue weighted by Crippen LogP contribution is -2.06. The lowest BCUT2D eigenvalue weighted by Gasteiger charge is -2.09. The Balaban J connectivity index is 1.73. The highest BCUT2D eigenvalue weighted by Crippen LogP contribution is 2.35. The monoisotopic (exact) mass is 428 g/mol. The summed E-state index contributed by atoms with van der Waals surface area (Å²) < 4.78 is 12.0. The fraction of sp³-hybridized carbons (Fsp3) is 0.115. The number of aryl methyl sites for hydroxylation is 1. The molecule has 4 rings (SSSR count). The van der Waals surface area contributed by atoms with Crippen molar-refractivity contribution in [3.8, 4) is 11.5 Å². The van der Waals surface area contributed by atoms with Crippen LogP contribution in [0.2, 0.25) is 0 Å². The number of nitrogens with two attached hydrogens (primary N) is 2. The molecule has 6 heteroatoms. The van der Waals surface area contributed by atoms with E-state index in [0.29, 0.717) is 40.2 Å². The molecule has 4 aromatic rings. The maximum atomic E-state index is 13.4. The smallest absolute Gasteiger partial charge is 0.197 e. The van der Waals surface area contributed by atoms with Crippen LogP contribution in [0.4, 0.5) is 11.4 Å². The van der Waals surface area contributed by atoms with Gasteiger partial charge in [-0.2, -0.15) is 0 Å². The number of rotatable bonds is 7. The minimum Gasteiger partial charge on any atom is -0.504 e. The molecule has 0 saturated heterocycles. The van der Waals surface area contributed by atoms with Crippen molar-refractivity contribution in [1.82, 2.24) is 0 Å². The normalized spacial score (nSPS) is 10.9. The minimum absolute atomic E-state index is 0.0494. The van der Waals surface area contributed by atoms with Gasteiger partial charge in [-0.15, -0.1) is 0 Å². The molecule has 0 aliphatic carbocycles. The van der Waals surface area contributed by atoms with Crippen molar-refractivity contribution in [3.05, 3.63) is 89.7 Å². The quantitative estimate of drug-likeness (QED) is 0.154. The molecule has 32 heavy (non-hydrogen) atoms. The van der Waals surface area contributed by atoms with Gasteiger partial charge in [-0.25, -0.2) is 0 Å². The Morgan fingerprint density at radius 1 is 1.03 bits per heavy atom. The predicted octanol–water partition coefficient (Wildman–Crippen LogP) is 5.54. The van der Waals surface area contributed by atoms with Crippen LogP contribution in [0.25, 0.3) is 16.7 Å². The van der Waals surface area contributed by atoms with Crippen LogP contribution in [0.1, 0.15) is 40.6 Å². The van der Waals surface area contributed by atoms with Gasteiger partial charge in [0, 0.05) is 29.0 Å². The third-order valence-corrected chi connectivity index (χ3v) is 5.21. The molecule has 1 heterocycles. The maximum Gasteiger partial charge on any atom is 0.197 e. The molecule has 0 spiro atoms. The number of benzene rings is 3. The number of aromatic hydroxyl groups is 1. The SMILES string of the molecule is C=C(Oc1ccc2c(C(=O)c3cc(N)c(O)c(N)c3)c(CCC)oc2c1)c1ccccc1. The topological polar surface area (TPSA) is 112 Å². The molecule has 0 amide bonds. The standard InChI is InChI=1S/C26H24N2O4/c1-3-7-22-24(25(29)17-12-20(27)26(30)21(28)13-17)19-11-10-18(14-23(19)32-22)31-15(2)16-8-5-4-6-9-16/h4-6,8-14,30H,2-3,7,27-28H2,1H3. The summed E-state index contributed by atoms with van der Waals surface area (Å²) in [6.45, 7) is 6.00. The molecule has 0 aliphatic rings. The zero-order chi connectivity index (χ0) is 22.8. The third kappa shape index (κ3) is 3.90. The lowest BCUT2D eigenvalue weighted by atomic mass is 9.97. The van der Waals surface area contributed by atoms with Crippen LogP contribution in [-0.4, -0.2) is 10.9 Å². The summed E-state index contributed by atoms with van der Waals surface area (Å²) >= 11 is 0. The van der Waals surface area contributed by atoms with Gasteiger partial charge in [-0.1, -0.05) is 43.8 Å². The van der Waals surface area contributed by atoms with Crippen molar-refractivity contribution < 1.29 is 19.1 Å². The van der Waals surface area contributed by atoms with Crippen molar-refractivity contribution in [3.63, 3.8) is 0 Å². The maximum absolute atomic E-state index is 13.4. The van der Waals surface area contributed by atoms with E-state index < -0.39 is 0 Å². The van der Waals surface area contributed by atoms with Gasteiger partial charge in [0.15, 0.2) is 11.5 Å². The van der Waals surface area contributed by atoms with E-state index in [0.717, 1.165) is 12.0 Å². The highest BCUT2D eigenvalue weighted by Gasteiger charge is 2.23. The summed E-state index contributed by atoms with van der Waals surface area (Å²) in [5.41, 5.74) is 13.9. The number of ether oxygens (including phenoxy) is 1. The van der Waals surface area contributed by atoms with Crippen LogP contribution in [0, 0.1) is 0 Å². The number of hydrogen-bond donors (Lipinski definition) is 3. The zero-order valence-corrected chi connectivity index (χ0v) is 17.7. The van der Waals surface area contributed by atoms with Crippen molar-refractivity contribution in [2.45, 2.75) is 19.8 Å². The Bertz CT molecular complexity index is 1300. The number of hydrogen-bond acceptors (Lipinski definition) is 6. The van der Waals surface area contributed by atoms with Gasteiger partial charge in [0.1, 0.15) is 22.9 Å². The van der Waals surface area contributed by atoms with Gasteiger partial charge in [0.05, 0.1) is 16.9 Å². The van der Waals surface area contributed by atoms with Crippen molar-refractivity contribution in [1.29, 1.82) is 0 Å². The summed E-state index contributed by atoms with van der Waals surface area (Å²) in [6, 6.07) is 17.7. The number of phenols is 1. The molecule has 0 fully saturated rings. The van der Waals surface area contributed by atoms with Gasteiger partial charge < -0.3 is 25.7 Å². The van der Waals surface area contributed by atoms with E-state index in [1.54, 1.807) is 18.2 Å². The Morgan fingerprint density at radius 3 is 2.38 bits per heavy atom. The van der Waals surface area contributed by atoms with Gasteiger partial charge in [0.2, 0.25) is 0 Å². The highest BCUT2D eigenvalue weighted by atomic mass is 16.5. The van der Waals surface area contributed by atoms with Crippen LogP contribution in [-0.2, 0) is 6.42 Å². The van der Waals surface area contributed by atoms with Gasteiger partial charge >= 0.3 is 0 Å². The van der Waals surface area contributed by atoms with Gasteiger partial charge in [-0.3, -0.25) is 4.79 Å². The average molecular weight is 428 g/mol. The number of anilines is 2. The molecular formula is C26H24N2O4. The largest absolute Gasteiger partial charge is 0.504 e. The van der Waals surface area contributed by atoms with Crippen LogP contribution in [0.5, 0.6) is 11.5 Å². The van der Waals surface area contributed by atoms with Crippen molar-refractivity contribution in [2.75, 3.05) is 11.5 Å². The average Bonchev–Trinajstić information content (AvgIpc) is 3.14. The Morgan fingerprint density at radius 2 is 1.72 bits per heavy atom. The third-order valence-electron chi connectivity index (χ3n) is 5.21. The molecule has 5 N–H and O–H groups in total. The van der Waals surface area contributed by atoms with Crippen LogP contribution in [0.15, 0.2) is 71.7 Å². The summed E-state index contributed by atoms with van der Waals surface area (Å²) in [6.07, 6.45) is 1.39. The number of fused-ring (bicyclic) bond motifs is 1. The van der Waals surface area contributed by atoms with Crippen LogP contribution in [0.3, 0.4) is 0 Å². The number of carbonyl (C=O) groups is 1. The van der Waals surface area contributed by atoms with E-state index in [-0.39, 0.29) is 28.5 Å². The first-order chi connectivity index (χ1) is 15.4. The van der Waals surface area contributed by atoms with E-state index in [2.05, 4.69) is 6.58 Å². The first-order valence-electron chi connectivity index (χ1n) is 10.3. The molecule has 6 nitrogen and oxygen atoms in total. The highest BCUT2D eigenvalue weighted by molar-refractivity contribution is 6.17. The van der Waals surface area contributed by atoms with Gasteiger partial charge in [-0.05, 0) is 30.7 Å². The van der Waals surface area contributed by atoms with Crippen LogP contribution >= 0.6 is 0 Å². The minimum atomic E-state index is -0.270. The Kier molecular flexibility index (Phi) is 5.60. The predicted molar refractivity (Wildman–Crippen MR) is 127 cm³/mol. The number of furan rings is 1. The van der Waals surface area contributed by atoms with Crippen molar-refractivity contribution in [2.24, 2.45) is 0 Å². The summed E-state index contributed by atoms with van der Waals surface area (Å²) in [5, 5.41) is 10.5. The van der Waals surface area contributed by atoms with Crippen LogP contribution < -0.4 is 16.2 Å². The molecule has 3 aromatic carbocycles. The van der Waals surface area contributed by atoms with E-state index in [1.807, 2.05) is 37.3 Å². The first kappa shape index (κ1) is 21.1. The molecule has 1 aromatic heterocycles. The molecular weight excluding hydrogens is 404 g/mol. The second-order valence-corrected chi connectivity index (χ2v) is 7.53. The van der Waals surface area contributed by atoms with Crippen molar-refractivity contribution >= 4 is 33.9 Å². The second kappa shape index (κ2) is 8.51.